The number of ketones is 1. The normalized spacial score (nSPS) is 10.4. The molecule has 0 bridgehead atoms. The fourth-order valence-corrected chi connectivity index (χ4v) is 2.75. The Morgan fingerprint density at radius 3 is 1.14 bits per heavy atom. The van der Waals surface area contributed by atoms with Crippen LogP contribution in [0.1, 0.15) is 117 Å². The van der Waals surface area contributed by atoms with Crippen LogP contribution in [0.2, 0.25) is 0 Å². The Balaban J connectivity index is 0. The maximum atomic E-state index is 10.8. The Hall–Kier alpha value is 0.553. The third kappa shape index (κ3) is 23.0. The van der Waals surface area contributed by atoms with Gasteiger partial charge in [-0.3, -0.25) is 0 Å². The molecule has 2 heteroatoms. The van der Waals surface area contributed by atoms with Gasteiger partial charge in [-0.1, -0.05) is 96.8 Å². The van der Waals surface area contributed by atoms with Crippen molar-refractivity contribution in [3.05, 3.63) is 0 Å². The first-order valence-electron chi connectivity index (χ1n) is 9.26. The molecule has 0 atom stereocenters. The molecule has 0 aliphatic heterocycles. The number of rotatable bonds is 16. The van der Waals surface area contributed by atoms with Crippen molar-refractivity contribution >= 4 is 5.78 Å². The van der Waals surface area contributed by atoms with Crippen LogP contribution in [0, 0.1) is 0 Å². The van der Waals surface area contributed by atoms with Crippen molar-refractivity contribution in [3.8, 4) is 0 Å². The van der Waals surface area contributed by atoms with E-state index in [1.54, 1.807) is 6.92 Å². The molecule has 0 heterocycles. The van der Waals surface area contributed by atoms with Crippen LogP contribution < -0.4 is 0 Å². The molecule has 0 unspecified atom stereocenters. The zero-order chi connectivity index (χ0) is 14.9. The third-order valence-corrected chi connectivity index (χ3v) is 4.13. The van der Waals surface area contributed by atoms with E-state index < -0.39 is 0 Å². The number of unbranched alkanes of at least 4 members (excludes halogenated alkanes) is 14. The molecule has 0 aliphatic rings. The number of carbonyl (C=O) groups is 1. The predicted molar refractivity (Wildman–Crippen MR) is 90.2 cm³/mol. The Kier molecular flexibility index (Phi) is 23.3. The summed E-state index contributed by atoms with van der Waals surface area (Å²) in [5.41, 5.74) is 0. The fourth-order valence-electron chi connectivity index (χ4n) is 2.75. The SMILES string of the molecule is CCCCCCCCCCCCCCCCCC(C)=O.[Zr]. The van der Waals surface area contributed by atoms with Gasteiger partial charge in [0.2, 0.25) is 0 Å². The minimum absolute atomic E-state index is 0. The van der Waals surface area contributed by atoms with Crippen LogP contribution in [0.15, 0.2) is 0 Å². The van der Waals surface area contributed by atoms with E-state index in [0.717, 1.165) is 12.8 Å². The Morgan fingerprint density at radius 1 is 0.571 bits per heavy atom. The number of Topliss-reactive ketones (excluding diaryl/α,β-unsaturated/α-hetero) is 1. The van der Waals surface area contributed by atoms with E-state index in [-0.39, 0.29) is 26.2 Å². The molecule has 0 aromatic heterocycles. The summed E-state index contributed by atoms with van der Waals surface area (Å²) < 4.78 is 0. The van der Waals surface area contributed by atoms with Crippen LogP contribution in [0.3, 0.4) is 0 Å². The van der Waals surface area contributed by atoms with Crippen molar-refractivity contribution in [2.45, 2.75) is 117 Å². The van der Waals surface area contributed by atoms with Crippen LogP contribution in [0.5, 0.6) is 0 Å². The Morgan fingerprint density at radius 2 is 0.857 bits per heavy atom. The second-order valence-corrected chi connectivity index (χ2v) is 6.40. The van der Waals surface area contributed by atoms with E-state index in [1.165, 1.54) is 89.9 Å². The van der Waals surface area contributed by atoms with Crippen LogP contribution in [0.4, 0.5) is 0 Å². The summed E-state index contributed by atoms with van der Waals surface area (Å²) in [5, 5.41) is 0. The van der Waals surface area contributed by atoms with E-state index in [9.17, 15) is 4.79 Å². The average Bonchev–Trinajstić information content (AvgIpc) is 2.43. The predicted octanol–water partition coefficient (Wildman–Crippen LogP) is 6.83. The molecular formula is C19H38OZr. The van der Waals surface area contributed by atoms with Crippen LogP contribution >= 0.6 is 0 Å². The van der Waals surface area contributed by atoms with Crippen LogP contribution in [-0.4, -0.2) is 5.78 Å². The zero-order valence-electron chi connectivity index (χ0n) is 14.7. The number of carbonyl (C=O) groups excluding carboxylic acids is 1. The van der Waals surface area contributed by atoms with Crippen LogP contribution in [-0.2, 0) is 31.0 Å². The molecule has 0 radical (unpaired) electrons. The van der Waals surface area contributed by atoms with E-state index >= 15 is 0 Å². The molecule has 0 N–H and O–H groups in total. The van der Waals surface area contributed by atoms with E-state index in [2.05, 4.69) is 6.92 Å². The van der Waals surface area contributed by atoms with Crippen molar-refractivity contribution in [2.75, 3.05) is 0 Å². The van der Waals surface area contributed by atoms with Crippen LogP contribution in [0.25, 0.3) is 0 Å². The van der Waals surface area contributed by atoms with Gasteiger partial charge in [0.05, 0.1) is 0 Å². The van der Waals surface area contributed by atoms with E-state index in [0.29, 0.717) is 5.78 Å². The second-order valence-electron chi connectivity index (χ2n) is 6.40. The summed E-state index contributed by atoms with van der Waals surface area (Å²) in [6.07, 6.45) is 21.6. The molecule has 0 aliphatic carbocycles. The third-order valence-electron chi connectivity index (χ3n) is 4.13. The topological polar surface area (TPSA) is 17.1 Å². The minimum Gasteiger partial charge on any atom is -0.300 e. The molecule has 0 aromatic rings. The zero-order valence-corrected chi connectivity index (χ0v) is 17.2. The van der Waals surface area contributed by atoms with Crippen molar-refractivity contribution in [3.63, 3.8) is 0 Å². The molecule has 0 rings (SSSR count). The summed E-state index contributed by atoms with van der Waals surface area (Å²) in [4.78, 5) is 10.8. The summed E-state index contributed by atoms with van der Waals surface area (Å²) in [6.45, 7) is 3.98. The monoisotopic (exact) mass is 372 g/mol. The molecule has 21 heavy (non-hydrogen) atoms. The summed E-state index contributed by atoms with van der Waals surface area (Å²) in [6, 6.07) is 0. The number of hydrogen-bond acceptors (Lipinski definition) is 1. The number of hydrogen-bond donors (Lipinski definition) is 0. The quantitative estimate of drug-likeness (QED) is 0.271. The molecule has 0 spiro atoms. The second kappa shape index (κ2) is 20.6. The molecule has 0 aromatic carbocycles. The van der Waals surface area contributed by atoms with Crippen molar-refractivity contribution in [2.24, 2.45) is 0 Å². The van der Waals surface area contributed by atoms with Gasteiger partial charge >= 0.3 is 0 Å². The summed E-state index contributed by atoms with van der Waals surface area (Å²) >= 11 is 0. The molecular weight excluding hydrogens is 335 g/mol. The van der Waals surface area contributed by atoms with Gasteiger partial charge in [-0.05, 0) is 13.3 Å². The fraction of sp³-hybridized carbons (Fsp3) is 0.947. The maximum Gasteiger partial charge on any atom is 0.129 e. The van der Waals surface area contributed by atoms with Gasteiger partial charge in [0.15, 0.2) is 0 Å². The van der Waals surface area contributed by atoms with Crippen molar-refractivity contribution < 1.29 is 31.0 Å². The smallest absolute Gasteiger partial charge is 0.129 e. The summed E-state index contributed by atoms with van der Waals surface area (Å²) in [7, 11) is 0. The van der Waals surface area contributed by atoms with Gasteiger partial charge in [-0.25, -0.2) is 0 Å². The average molecular weight is 374 g/mol. The van der Waals surface area contributed by atoms with E-state index in [4.69, 9.17) is 0 Å². The standard InChI is InChI=1S/C19H38O.Zr/c1-3-4-5-6-7-8-9-10-11-12-13-14-15-16-17-18-19(2)20;/h3-18H2,1-2H3;. The van der Waals surface area contributed by atoms with Gasteiger partial charge in [-0.2, -0.15) is 0 Å². The first-order valence-corrected chi connectivity index (χ1v) is 9.26. The molecule has 0 fully saturated rings. The molecule has 0 amide bonds. The first kappa shape index (κ1) is 23.8. The molecule has 0 saturated heterocycles. The van der Waals surface area contributed by atoms with Gasteiger partial charge < -0.3 is 4.79 Å². The van der Waals surface area contributed by atoms with Crippen molar-refractivity contribution in [1.29, 1.82) is 0 Å². The Labute approximate surface area is 153 Å². The van der Waals surface area contributed by atoms with Gasteiger partial charge in [-0.15, -0.1) is 0 Å². The van der Waals surface area contributed by atoms with Gasteiger partial charge in [0.25, 0.3) is 0 Å². The maximum absolute atomic E-state index is 10.8. The molecule has 0 saturated carbocycles. The van der Waals surface area contributed by atoms with Gasteiger partial charge in [0.1, 0.15) is 5.78 Å². The summed E-state index contributed by atoms with van der Waals surface area (Å²) in [5.74, 6) is 0.347. The minimum atomic E-state index is 0. The Bertz CT molecular complexity index is 204. The van der Waals surface area contributed by atoms with E-state index in [1.807, 2.05) is 0 Å². The van der Waals surface area contributed by atoms with Gasteiger partial charge in [0, 0.05) is 32.6 Å². The molecule has 124 valence electrons. The largest absolute Gasteiger partial charge is 0.300 e. The first-order chi connectivity index (χ1) is 9.77. The van der Waals surface area contributed by atoms with Crippen molar-refractivity contribution in [1.82, 2.24) is 0 Å². The molecule has 1 nitrogen and oxygen atoms in total.